The fourth-order valence-electron chi connectivity index (χ4n) is 2.69. The number of thioether (sulfide) groups is 1. The molecule has 1 heterocycles. The molecule has 1 amide bonds. The fraction of sp³-hybridized carbons (Fsp3) is 0.286. The summed E-state index contributed by atoms with van der Waals surface area (Å²) in [5, 5.41) is 1.12. The van der Waals surface area contributed by atoms with Crippen molar-refractivity contribution in [2.24, 2.45) is 7.05 Å². The summed E-state index contributed by atoms with van der Waals surface area (Å²) in [7, 11) is 3.42. The average molecular weight is 476 g/mol. The summed E-state index contributed by atoms with van der Waals surface area (Å²) in [4.78, 5) is 31.2. The summed E-state index contributed by atoms with van der Waals surface area (Å²) in [6.45, 7) is 2.82. The molecular weight excluding hydrogens is 454 g/mol. The molecule has 0 aliphatic rings. The number of likely N-dealkylation sites (N-methyl/N-ethyl adjacent to an activating group) is 1. The van der Waals surface area contributed by atoms with E-state index in [0.717, 1.165) is 15.8 Å². The van der Waals surface area contributed by atoms with Crippen molar-refractivity contribution in [1.82, 2.24) is 14.5 Å². The lowest BCUT2D eigenvalue weighted by atomic mass is 10.2. The number of aromatic nitrogens is 2. The predicted molar refractivity (Wildman–Crippen MR) is 120 cm³/mol. The molecule has 2 aromatic carbocycles. The zero-order valence-corrected chi connectivity index (χ0v) is 18.9. The lowest BCUT2D eigenvalue weighted by Gasteiger charge is -2.17. The quantitative estimate of drug-likeness (QED) is 0.385. The van der Waals surface area contributed by atoms with Crippen molar-refractivity contribution in [3.63, 3.8) is 0 Å². The fourth-order valence-corrected chi connectivity index (χ4v) is 3.86. The zero-order chi connectivity index (χ0) is 21.0. The number of halogens is 1. The molecule has 0 radical (unpaired) electrons. The van der Waals surface area contributed by atoms with E-state index in [1.54, 1.807) is 19.0 Å². The standard InChI is InChI=1S/C21H22BrN3O3S/c1-14-4-9-18-17(12-14)20(27)25(3)21(23-18)29-13-19(26)24(2)10-11-28-16-7-5-15(22)6-8-16/h4-9,12H,10-11,13H2,1-3H3. The van der Waals surface area contributed by atoms with E-state index in [4.69, 9.17) is 4.74 Å². The molecule has 0 aliphatic carbocycles. The van der Waals surface area contributed by atoms with Gasteiger partial charge in [-0.2, -0.15) is 0 Å². The van der Waals surface area contributed by atoms with Gasteiger partial charge in [-0.3, -0.25) is 14.2 Å². The lowest BCUT2D eigenvalue weighted by Crippen LogP contribution is -2.32. The third-order valence-electron chi connectivity index (χ3n) is 4.45. The van der Waals surface area contributed by atoms with Gasteiger partial charge in [0.2, 0.25) is 5.91 Å². The summed E-state index contributed by atoms with van der Waals surface area (Å²) in [5.41, 5.74) is 1.55. The molecule has 0 aliphatic heterocycles. The molecule has 0 spiro atoms. The van der Waals surface area contributed by atoms with Crippen molar-refractivity contribution >= 4 is 44.5 Å². The first kappa shape index (κ1) is 21.4. The Hall–Kier alpha value is -2.32. The van der Waals surface area contributed by atoms with Crippen molar-refractivity contribution in [3.05, 3.63) is 62.9 Å². The van der Waals surface area contributed by atoms with Crippen LogP contribution >= 0.6 is 27.7 Å². The van der Waals surface area contributed by atoms with Crippen LogP contribution in [0, 0.1) is 6.92 Å². The Balaban J connectivity index is 1.57. The molecule has 29 heavy (non-hydrogen) atoms. The molecule has 0 bridgehead atoms. The second-order valence-corrected chi connectivity index (χ2v) is 8.54. The maximum atomic E-state index is 12.6. The van der Waals surface area contributed by atoms with Crippen LogP contribution in [0.5, 0.6) is 5.75 Å². The van der Waals surface area contributed by atoms with E-state index in [-0.39, 0.29) is 17.2 Å². The van der Waals surface area contributed by atoms with Gasteiger partial charge in [-0.15, -0.1) is 0 Å². The molecule has 6 nitrogen and oxygen atoms in total. The van der Waals surface area contributed by atoms with Gasteiger partial charge >= 0.3 is 0 Å². The molecule has 0 atom stereocenters. The monoisotopic (exact) mass is 475 g/mol. The van der Waals surface area contributed by atoms with Crippen molar-refractivity contribution < 1.29 is 9.53 Å². The van der Waals surface area contributed by atoms with E-state index >= 15 is 0 Å². The van der Waals surface area contributed by atoms with Crippen molar-refractivity contribution in [1.29, 1.82) is 0 Å². The number of aryl methyl sites for hydroxylation is 1. The third-order valence-corrected chi connectivity index (χ3v) is 5.99. The van der Waals surface area contributed by atoms with Crippen LogP contribution in [0.3, 0.4) is 0 Å². The van der Waals surface area contributed by atoms with Gasteiger partial charge in [0.15, 0.2) is 5.16 Å². The zero-order valence-electron chi connectivity index (χ0n) is 16.5. The predicted octanol–water partition coefficient (Wildman–Crippen LogP) is 3.63. The second kappa shape index (κ2) is 9.45. The molecule has 152 valence electrons. The van der Waals surface area contributed by atoms with Gasteiger partial charge in [-0.05, 0) is 43.3 Å². The highest BCUT2D eigenvalue weighted by Crippen LogP contribution is 2.18. The number of hydrogen-bond donors (Lipinski definition) is 0. The van der Waals surface area contributed by atoms with Crippen molar-refractivity contribution in [3.8, 4) is 5.75 Å². The second-order valence-electron chi connectivity index (χ2n) is 6.69. The molecule has 8 heteroatoms. The Bertz CT molecular complexity index is 1080. The van der Waals surface area contributed by atoms with Gasteiger partial charge < -0.3 is 9.64 Å². The van der Waals surface area contributed by atoms with Crippen LogP contribution < -0.4 is 10.3 Å². The maximum absolute atomic E-state index is 12.6. The van der Waals surface area contributed by atoms with Gasteiger partial charge in [-0.1, -0.05) is 39.3 Å². The summed E-state index contributed by atoms with van der Waals surface area (Å²) >= 11 is 4.64. The number of carbonyl (C=O) groups is 1. The minimum atomic E-state index is -0.107. The first-order chi connectivity index (χ1) is 13.8. The number of ether oxygens (including phenoxy) is 1. The van der Waals surface area contributed by atoms with E-state index in [1.165, 1.54) is 16.3 Å². The van der Waals surface area contributed by atoms with Gasteiger partial charge in [0.05, 0.1) is 23.2 Å². The van der Waals surface area contributed by atoms with Crippen LogP contribution in [-0.2, 0) is 11.8 Å². The number of rotatable bonds is 7. The minimum absolute atomic E-state index is 0.0485. The number of nitrogens with zero attached hydrogens (tertiary/aromatic N) is 3. The summed E-state index contributed by atoms with van der Waals surface area (Å²) in [6, 6.07) is 13.1. The summed E-state index contributed by atoms with van der Waals surface area (Å²) in [6.07, 6.45) is 0. The van der Waals surface area contributed by atoms with Gasteiger partial charge in [0, 0.05) is 18.6 Å². The molecule has 0 unspecified atom stereocenters. The molecular formula is C21H22BrN3O3S. The number of benzene rings is 2. The SMILES string of the molecule is Cc1ccc2nc(SCC(=O)N(C)CCOc3ccc(Br)cc3)n(C)c(=O)c2c1. The Kier molecular flexibility index (Phi) is 6.97. The Labute approximate surface area is 182 Å². The molecule has 1 aromatic heterocycles. The number of hydrogen-bond acceptors (Lipinski definition) is 5. The van der Waals surface area contributed by atoms with Gasteiger partial charge in [-0.25, -0.2) is 4.98 Å². The van der Waals surface area contributed by atoms with Gasteiger partial charge in [0.25, 0.3) is 5.56 Å². The van der Waals surface area contributed by atoms with Crippen molar-refractivity contribution in [2.45, 2.75) is 12.1 Å². The van der Waals surface area contributed by atoms with Crippen molar-refractivity contribution in [2.75, 3.05) is 26.0 Å². The molecule has 0 saturated heterocycles. The number of carbonyl (C=O) groups excluding carboxylic acids is 1. The molecule has 3 aromatic rings. The van der Waals surface area contributed by atoms with Crippen LogP contribution in [0.15, 0.2) is 56.9 Å². The Morgan fingerprint density at radius 1 is 1.24 bits per heavy atom. The van der Waals surface area contributed by atoms with Crippen LogP contribution in [0.2, 0.25) is 0 Å². The highest BCUT2D eigenvalue weighted by Gasteiger charge is 2.14. The van der Waals surface area contributed by atoms with Crippen LogP contribution in [0.25, 0.3) is 10.9 Å². The Morgan fingerprint density at radius 2 is 1.97 bits per heavy atom. The topological polar surface area (TPSA) is 64.4 Å². The first-order valence-corrected chi connectivity index (χ1v) is 10.9. The van der Waals surface area contributed by atoms with E-state index in [9.17, 15) is 9.59 Å². The van der Waals surface area contributed by atoms with E-state index < -0.39 is 0 Å². The Morgan fingerprint density at radius 3 is 2.69 bits per heavy atom. The van der Waals surface area contributed by atoms with Crippen LogP contribution in [0.4, 0.5) is 0 Å². The highest BCUT2D eigenvalue weighted by molar-refractivity contribution is 9.10. The van der Waals surface area contributed by atoms with Crippen LogP contribution in [-0.4, -0.2) is 46.3 Å². The summed E-state index contributed by atoms with van der Waals surface area (Å²) in [5.74, 6) is 0.911. The minimum Gasteiger partial charge on any atom is -0.492 e. The normalized spacial score (nSPS) is 10.9. The molecule has 0 fully saturated rings. The molecule has 0 N–H and O–H groups in total. The number of amides is 1. The largest absolute Gasteiger partial charge is 0.492 e. The molecule has 3 rings (SSSR count). The molecule has 0 saturated carbocycles. The smallest absolute Gasteiger partial charge is 0.261 e. The third kappa shape index (κ3) is 5.39. The van der Waals surface area contributed by atoms with E-state index in [2.05, 4.69) is 20.9 Å². The highest BCUT2D eigenvalue weighted by atomic mass is 79.9. The first-order valence-electron chi connectivity index (χ1n) is 9.07. The lowest BCUT2D eigenvalue weighted by molar-refractivity contribution is -0.127. The van der Waals surface area contributed by atoms with Gasteiger partial charge in [0.1, 0.15) is 12.4 Å². The van der Waals surface area contributed by atoms with E-state index in [0.29, 0.717) is 29.2 Å². The average Bonchev–Trinajstić information content (AvgIpc) is 2.71. The number of fused-ring (bicyclic) bond motifs is 1. The maximum Gasteiger partial charge on any atom is 0.261 e. The van der Waals surface area contributed by atoms with Crippen LogP contribution in [0.1, 0.15) is 5.56 Å². The van der Waals surface area contributed by atoms with E-state index in [1.807, 2.05) is 49.4 Å². The summed E-state index contributed by atoms with van der Waals surface area (Å²) < 4.78 is 8.14.